The molecule has 0 rings (SSSR count). The Kier molecular flexibility index (Phi) is 17.3. The summed E-state index contributed by atoms with van der Waals surface area (Å²) in [5, 5.41) is 16.6. The van der Waals surface area contributed by atoms with Crippen LogP contribution in [-0.4, -0.2) is 42.7 Å². The summed E-state index contributed by atoms with van der Waals surface area (Å²) in [6, 6.07) is -0.0370. The molecule has 6 nitrogen and oxygen atoms in total. The van der Waals surface area contributed by atoms with Crippen LogP contribution in [0.2, 0.25) is 0 Å². The summed E-state index contributed by atoms with van der Waals surface area (Å²) in [5.74, 6) is 0. The van der Waals surface area contributed by atoms with E-state index in [4.69, 9.17) is 15.9 Å². The minimum absolute atomic E-state index is 0.0370. The third-order valence-corrected chi connectivity index (χ3v) is 2.57. The van der Waals surface area contributed by atoms with Crippen LogP contribution in [0.5, 0.6) is 0 Å². The number of hydrogen-bond donors (Lipinski definition) is 3. The fraction of sp³-hybridized carbons (Fsp3) is 1.00. The molecule has 0 aromatic carbocycles. The van der Waals surface area contributed by atoms with Gasteiger partial charge in [0, 0.05) is 19.3 Å². The van der Waals surface area contributed by atoms with E-state index in [0.29, 0.717) is 26.1 Å². The van der Waals surface area contributed by atoms with E-state index in [2.05, 4.69) is 9.05 Å². The molecule has 100 valence electrons. The van der Waals surface area contributed by atoms with E-state index in [0.717, 1.165) is 0 Å². The van der Waals surface area contributed by atoms with Crippen molar-refractivity contribution in [3.05, 3.63) is 0 Å². The van der Waals surface area contributed by atoms with Crippen molar-refractivity contribution in [1.82, 2.24) is 0 Å². The molecule has 7 heteroatoms. The number of aliphatic hydroxyl groups excluding tert-OH is 2. The van der Waals surface area contributed by atoms with Gasteiger partial charge < -0.3 is 25.0 Å². The second-order valence-corrected chi connectivity index (χ2v) is 3.98. The lowest BCUT2D eigenvalue weighted by molar-refractivity contribution is 0.242. The first kappa shape index (κ1) is 18.4. The van der Waals surface area contributed by atoms with Crippen LogP contribution < -0.4 is 5.73 Å². The van der Waals surface area contributed by atoms with Crippen LogP contribution in [0.25, 0.3) is 0 Å². The van der Waals surface area contributed by atoms with Crippen LogP contribution in [0.3, 0.4) is 0 Å². The van der Waals surface area contributed by atoms with Gasteiger partial charge >= 0.3 is 8.25 Å². The Bertz CT molecular complexity index is 145. The molecule has 0 aliphatic carbocycles. The fourth-order valence-electron chi connectivity index (χ4n) is 0.753. The molecule has 4 N–H and O–H groups in total. The molecule has 0 fully saturated rings. The van der Waals surface area contributed by atoms with E-state index in [1.54, 1.807) is 13.8 Å². The number of nitrogens with two attached hydrogens (primary N) is 1. The standard InChI is InChI=1S/C5H13NO2.C4H11O3P/c6-5(1-3-7)2-4-8;1-3-6-8(5)7-4-2/h5,7-8H,1-4,6H2;8H,3-4H2,1-2H3. The summed E-state index contributed by atoms with van der Waals surface area (Å²) in [6.45, 7) is 4.70. The van der Waals surface area contributed by atoms with Crippen molar-refractivity contribution >= 4 is 8.25 Å². The molecule has 0 heterocycles. The van der Waals surface area contributed by atoms with E-state index >= 15 is 0 Å². The van der Waals surface area contributed by atoms with Crippen molar-refractivity contribution in [3.8, 4) is 0 Å². The van der Waals surface area contributed by atoms with Gasteiger partial charge in [0.2, 0.25) is 0 Å². The molecule has 16 heavy (non-hydrogen) atoms. The zero-order chi connectivity index (χ0) is 12.8. The van der Waals surface area contributed by atoms with Crippen molar-refractivity contribution in [2.45, 2.75) is 32.7 Å². The Morgan fingerprint density at radius 3 is 1.75 bits per heavy atom. The van der Waals surface area contributed by atoms with Crippen LogP contribution >= 0.6 is 8.25 Å². The maximum atomic E-state index is 10.4. The monoisotopic (exact) mass is 257 g/mol. The average molecular weight is 257 g/mol. The lowest BCUT2D eigenvalue weighted by Gasteiger charge is -2.05. The van der Waals surface area contributed by atoms with Gasteiger partial charge in [-0.2, -0.15) is 0 Å². The van der Waals surface area contributed by atoms with Gasteiger partial charge in [0.15, 0.2) is 0 Å². The molecule has 0 spiro atoms. The van der Waals surface area contributed by atoms with Gasteiger partial charge in [0.05, 0.1) is 13.2 Å². The van der Waals surface area contributed by atoms with E-state index in [-0.39, 0.29) is 19.3 Å². The molecule has 0 aromatic heterocycles. The third-order valence-electron chi connectivity index (χ3n) is 1.52. The molecule has 0 saturated heterocycles. The number of rotatable bonds is 8. The SMILES string of the molecule is CCO[PH](=O)OCC.NC(CCO)CCO. The van der Waals surface area contributed by atoms with Gasteiger partial charge in [-0.1, -0.05) is 0 Å². The minimum atomic E-state index is -2.14. The topological polar surface area (TPSA) is 102 Å². The largest absolute Gasteiger partial charge is 0.396 e. The Morgan fingerprint density at radius 2 is 1.50 bits per heavy atom. The maximum absolute atomic E-state index is 10.4. The van der Waals surface area contributed by atoms with Crippen LogP contribution in [0.1, 0.15) is 26.7 Å². The van der Waals surface area contributed by atoms with Gasteiger partial charge in [-0.05, 0) is 26.7 Å². The van der Waals surface area contributed by atoms with Crippen molar-refractivity contribution in [3.63, 3.8) is 0 Å². The quantitative estimate of drug-likeness (QED) is 0.548. The normalized spacial score (nSPS) is 10.4. The molecular weight excluding hydrogens is 233 g/mol. The zero-order valence-electron chi connectivity index (χ0n) is 10.0. The van der Waals surface area contributed by atoms with Crippen LogP contribution in [0.4, 0.5) is 0 Å². The Balaban J connectivity index is 0. The molecule has 0 aromatic rings. The highest BCUT2D eigenvalue weighted by Crippen LogP contribution is 2.21. The predicted molar refractivity (Wildman–Crippen MR) is 63.6 cm³/mol. The highest BCUT2D eigenvalue weighted by atomic mass is 31.1. The Morgan fingerprint density at radius 1 is 1.12 bits per heavy atom. The molecule has 0 radical (unpaired) electrons. The Hall–Kier alpha value is 0.0300. The highest BCUT2D eigenvalue weighted by molar-refractivity contribution is 7.33. The highest BCUT2D eigenvalue weighted by Gasteiger charge is 1.97. The van der Waals surface area contributed by atoms with E-state index in [1.165, 1.54) is 0 Å². The first-order valence-electron chi connectivity index (χ1n) is 5.39. The molecule has 0 unspecified atom stereocenters. The van der Waals surface area contributed by atoms with Crippen molar-refractivity contribution < 1.29 is 23.8 Å². The van der Waals surface area contributed by atoms with Crippen molar-refractivity contribution in [2.75, 3.05) is 26.4 Å². The summed E-state index contributed by atoms with van der Waals surface area (Å²) in [4.78, 5) is 0. The first-order chi connectivity index (χ1) is 7.62. The summed E-state index contributed by atoms with van der Waals surface area (Å²) < 4.78 is 19.6. The van der Waals surface area contributed by atoms with Gasteiger partial charge in [-0.25, -0.2) is 0 Å². The number of aliphatic hydroxyl groups is 2. The summed E-state index contributed by atoms with van der Waals surface area (Å²) >= 11 is 0. The molecule has 0 amide bonds. The van der Waals surface area contributed by atoms with Crippen LogP contribution in [-0.2, 0) is 13.6 Å². The molecule has 0 saturated carbocycles. The molecular formula is C9H24NO5P. The van der Waals surface area contributed by atoms with Crippen LogP contribution in [0.15, 0.2) is 0 Å². The van der Waals surface area contributed by atoms with E-state index in [1.807, 2.05) is 0 Å². The molecule has 0 bridgehead atoms. The Labute approximate surface area is 97.7 Å². The molecule has 0 aliphatic heterocycles. The van der Waals surface area contributed by atoms with E-state index < -0.39 is 8.25 Å². The van der Waals surface area contributed by atoms with Gasteiger partial charge in [0.1, 0.15) is 0 Å². The number of hydrogen-bond acceptors (Lipinski definition) is 6. The summed E-state index contributed by atoms with van der Waals surface area (Å²) in [5.41, 5.74) is 5.37. The van der Waals surface area contributed by atoms with Crippen LogP contribution in [0, 0.1) is 0 Å². The van der Waals surface area contributed by atoms with Crippen molar-refractivity contribution in [2.24, 2.45) is 5.73 Å². The maximum Gasteiger partial charge on any atom is 0.319 e. The smallest absolute Gasteiger partial charge is 0.319 e. The average Bonchev–Trinajstić information content (AvgIpc) is 2.20. The van der Waals surface area contributed by atoms with Crippen molar-refractivity contribution in [1.29, 1.82) is 0 Å². The predicted octanol–water partition coefficient (Wildman–Crippen LogP) is 0.528. The third kappa shape index (κ3) is 16.5. The summed E-state index contributed by atoms with van der Waals surface area (Å²) in [7, 11) is -2.14. The lowest BCUT2D eigenvalue weighted by atomic mass is 10.2. The second kappa shape index (κ2) is 15.0. The molecule has 0 atom stereocenters. The van der Waals surface area contributed by atoms with Gasteiger partial charge in [-0.3, -0.25) is 4.57 Å². The fourth-order valence-corrected chi connectivity index (χ4v) is 1.31. The van der Waals surface area contributed by atoms with Gasteiger partial charge in [0.25, 0.3) is 0 Å². The molecule has 0 aliphatic rings. The summed E-state index contributed by atoms with van der Waals surface area (Å²) in [6.07, 6.45) is 1.17. The second-order valence-electron chi connectivity index (χ2n) is 2.90. The minimum Gasteiger partial charge on any atom is -0.396 e. The lowest BCUT2D eigenvalue weighted by Crippen LogP contribution is -2.22. The zero-order valence-corrected chi connectivity index (χ0v) is 11.0. The van der Waals surface area contributed by atoms with E-state index in [9.17, 15) is 4.57 Å². The first-order valence-corrected chi connectivity index (χ1v) is 6.61. The van der Waals surface area contributed by atoms with Gasteiger partial charge in [-0.15, -0.1) is 0 Å².